The molecule has 0 amide bonds. The van der Waals surface area contributed by atoms with Gasteiger partial charge in [-0.1, -0.05) is 168 Å². The van der Waals surface area contributed by atoms with E-state index in [9.17, 15) is 24.0 Å². The van der Waals surface area contributed by atoms with Gasteiger partial charge in [-0.05, 0) is 209 Å². The Morgan fingerprint density at radius 1 is 0.165 bits per heavy atom. The maximum Gasteiger partial charge on any atom is 0.193 e. The molecule has 0 N–H and O–H groups in total. The third-order valence-corrected chi connectivity index (χ3v) is 16.5. The normalized spacial score (nSPS) is 10.3. The van der Waals surface area contributed by atoms with Crippen molar-refractivity contribution >= 4 is 28.9 Å². The van der Waals surface area contributed by atoms with Crippen molar-refractivity contribution < 1.29 is 57.1 Å². The molecule has 13 rings (SSSR count). The molecule has 0 saturated heterocycles. The van der Waals surface area contributed by atoms with Gasteiger partial charge in [0.15, 0.2) is 28.9 Å². The minimum absolute atomic E-state index is 0.00499. The van der Waals surface area contributed by atoms with Crippen molar-refractivity contribution in [3.05, 3.63) is 393 Å². The quantitative estimate of drug-likeness (QED) is 0.0630. The lowest BCUT2D eigenvalue weighted by Crippen LogP contribution is -2.04. The highest BCUT2D eigenvalue weighted by molar-refractivity contribution is 6.12. The Morgan fingerprint density at radius 3 is 0.456 bits per heavy atom. The van der Waals surface area contributed by atoms with Crippen molar-refractivity contribution in [2.75, 3.05) is 28.4 Å². The summed E-state index contributed by atoms with van der Waals surface area (Å²) in [4.78, 5) is 62.6. The highest BCUT2D eigenvalue weighted by atomic mass is 16.5. The molecule has 512 valence electrons. The molecule has 0 atom stereocenters. The first-order valence-corrected chi connectivity index (χ1v) is 33.1. The average Bonchev–Trinajstić information content (AvgIpc) is 0.807. The van der Waals surface area contributed by atoms with Gasteiger partial charge in [0, 0.05) is 55.6 Å². The van der Waals surface area contributed by atoms with Gasteiger partial charge in [-0.25, -0.2) is 0 Å². The molecule has 0 aromatic heterocycles. The number of ether oxygens (including phenoxy) is 7. The van der Waals surface area contributed by atoms with Gasteiger partial charge in [0.1, 0.15) is 57.5 Å². The van der Waals surface area contributed by atoms with Gasteiger partial charge in [-0.15, -0.1) is 0 Å². The SMILES string of the molecule is COc1ccc(-c2ccc(Oc3ccc(C(=O)c4ccc(C)cc4)cc3)cc2)cc1.COc1ccc(C(=O)c2ccc(C)cc2)cc1.COc1ccc(Oc2ccc(C(=O)c3ccc(C(=O)c4ccc(C)cc4)cc3)cc2)cc1.COc1ccc(Oc2ccc(C(=O)c3ccc(C)cc3)cc2)cc1. The van der Waals surface area contributed by atoms with Crippen LogP contribution in [0, 0.1) is 27.7 Å². The summed E-state index contributed by atoms with van der Waals surface area (Å²) in [6.07, 6.45) is 0. The van der Waals surface area contributed by atoms with E-state index in [0.29, 0.717) is 84.4 Å². The molecule has 13 aromatic rings. The lowest BCUT2D eigenvalue weighted by Gasteiger charge is -2.08. The van der Waals surface area contributed by atoms with Gasteiger partial charge in [0.05, 0.1) is 28.4 Å². The Kier molecular flexibility index (Phi) is 25.0. The van der Waals surface area contributed by atoms with Crippen LogP contribution in [-0.4, -0.2) is 57.4 Å². The van der Waals surface area contributed by atoms with Gasteiger partial charge in [0.25, 0.3) is 0 Å². The summed E-state index contributed by atoms with van der Waals surface area (Å²) in [6, 6.07) is 95.9. The predicted octanol–water partition coefficient (Wildman–Crippen LogP) is 21.2. The first-order valence-electron chi connectivity index (χ1n) is 33.1. The van der Waals surface area contributed by atoms with E-state index in [2.05, 4.69) is 0 Å². The van der Waals surface area contributed by atoms with Crippen LogP contribution in [-0.2, 0) is 0 Å². The largest absolute Gasteiger partial charge is 0.497 e. The molecule has 12 heteroatoms. The number of hydrogen-bond donors (Lipinski definition) is 0. The van der Waals surface area contributed by atoms with Gasteiger partial charge < -0.3 is 33.2 Å². The van der Waals surface area contributed by atoms with E-state index in [0.717, 1.165) is 62.1 Å². The molecule has 12 nitrogen and oxygen atoms in total. The topological polar surface area (TPSA) is 150 Å². The van der Waals surface area contributed by atoms with Crippen LogP contribution in [0.5, 0.6) is 57.5 Å². The fourth-order valence-electron chi connectivity index (χ4n) is 10.4. The van der Waals surface area contributed by atoms with E-state index >= 15 is 0 Å². The van der Waals surface area contributed by atoms with Crippen molar-refractivity contribution in [2.45, 2.75) is 27.7 Å². The molecule has 0 aliphatic heterocycles. The van der Waals surface area contributed by atoms with Crippen LogP contribution in [0.3, 0.4) is 0 Å². The molecule has 0 fully saturated rings. The number of methoxy groups -OCH3 is 4. The number of carbonyl (C=O) groups excluding carboxylic acids is 5. The fraction of sp³-hybridized carbons (Fsp3) is 0.0879. The van der Waals surface area contributed by atoms with E-state index in [1.54, 1.807) is 138 Å². The third-order valence-electron chi connectivity index (χ3n) is 16.5. The molecule has 103 heavy (non-hydrogen) atoms. The van der Waals surface area contributed by atoms with E-state index in [-0.39, 0.29) is 28.9 Å². The fourth-order valence-corrected chi connectivity index (χ4v) is 10.4. The van der Waals surface area contributed by atoms with Gasteiger partial charge in [-0.2, -0.15) is 0 Å². The maximum atomic E-state index is 12.8. The van der Waals surface area contributed by atoms with Crippen LogP contribution in [0.25, 0.3) is 11.1 Å². The molecule has 0 spiro atoms. The van der Waals surface area contributed by atoms with E-state index in [4.69, 9.17) is 33.2 Å². The van der Waals surface area contributed by atoms with Crippen LogP contribution in [0.15, 0.2) is 315 Å². The van der Waals surface area contributed by atoms with Crippen molar-refractivity contribution in [3.63, 3.8) is 0 Å². The van der Waals surface area contributed by atoms with Crippen molar-refractivity contribution in [2.24, 2.45) is 0 Å². The number of carbonyl (C=O) groups is 5. The minimum atomic E-state index is -0.115. The zero-order chi connectivity index (χ0) is 72.6. The molecular weight excluding hydrogens is 1280 g/mol. The zero-order valence-corrected chi connectivity index (χ0v) is 58.4. The second-order valence-corrected chi connectivity index (χ2v) is 23.9. The number of benzene rings is 13. The molecule has 0 bridgehead atoms. The van der Waals surface area contributed by atoms with Crippen LogP contribution < -0.4 is 33.2 Å². The smallest absolute Gasteiger partial charge is 0.193 e. The first kappa shape index (κ1) is 72.6. The molecular formula is C91H76O12. The number of hydrogen-bond acceptors (Lipinski definition) is 12. The molecule has 13 aromatic carbocycles. The van der Waals surface area contributed by atoms with Crippen LogP contribution >= 0.6 is 0 Å². The summed E-state index contributed by atoms with van der Waals surface area (Å²) in [5.74, 6) is 7.12. The van der Waals surface area contributed by atoms with Crippen LogP contribution in [0.4, 0.5) is 0 Å². The molecule has 0 saturated carbocycles. The average molecular weight is 1360 g/mol. The Morgan fingerprint density at radius 2 is 0.282 bits per heavy atom. The highest BCUT2D eigenvalue weighted by Crippen LogP contribution is 2.30. The van der Waals surface area contributed by atoms with E-state index < -0.39 is 0 Å². The van der Waals surface area contributed by atoms with Crippen molar-refractivity contribution in [1.29, 1.82) is 0 Å². The molecule has 0 unspecified atom stereocenters. The Hall–Kier alpha value is -13.2. The molecule has 0 aliphatic carbocycles. The summed E-state index contributed by atoms with van der Waals surface area (Å²) in [6.45, 7) is 7.98. The van der Waals surface area contributed by atoms with Gasteiger partial charge in [-0.3, -0.25) is 24.0 Å². The minimum Gasteiger partial charge on any atom is -0.497 e. The summed E-state index contributed by atoms with van der Waals surface area (Å²) < 4.78 is 38.0. The van der Waals surface area contributed by atoms with Gasteiger partial charge in [0.2, 0.25) is 0 Å². The second kappa shape index (κ2) is 35.5. The summed E-state index contributed by atoms with van der Waals surface area (Å²) >= 11 is 0. The lowest BCUT2D eigenvalue weighted by atomic mass is 9.98. The van der Waals surface area contributed by atoms with Crippen LogP contribution in [0.2, 0.25) is 0 Å². The Labute approximate surface area is 600 Å². The first-order chi connectivity index (χ1) is 50.0. The molecule has 0 radical (unpaired) electrons. The maximum absolute atomic E-state index is 12.8. The Bertz CT molecular complexity index is 4920. The zero-order valence-electron chi connectivity index (χ0n) is 58.4. The summed E-state index contributed by atoms with van der Waals surface area (Å²) in [7, 11) is 6.50. The van der Waals surface area contributed by atoms with Crippen molar-refractivity contribution in [3.8, 4) is 68.6 Å². The molecule has 0 heterocycles. The summed E-state index contributed by atoms with van der Waals surface area (Å²) in [5, 5.41) is 0. The predicted molar refractivity (Wildman–Crippen MR) is 405 cm³/mol. The summed E-state index contributed by atoms with van der Waals surface area (Å²) in [5.41, 5.74) is 13.0. The van der Waals surface area contributed by atoms with E-state index in [1.165, 1.54) is 0 Å². The van der Waals surface area contributed by atoms with Crippen LogP contribution in [0.1, 0.15) is 102 Å². The number of ketones is 5. The van der Waals surface area contributed by atoms with Crippen molar-refractivity contribution in [1.82, 2.24) is 0 Å². The van der Waals surface area contributed by atoms with Gasteiger partial charge >= 0.3 is 0 Å². The monoisotopic (exact) mass is 1360 g/mol. The number of rotatable bonds is 21. The lowest BCUT2D eigenvalue weighted by molar-refractivity contribution is 0.102. The Balaban J connectivity index is 0.000000151. The third kappa shape index (κ3) is 20.5. The second-order valence-electron chi connectivity index (χ2n) is 23.9. The molecule has 0 aliphatic rings. The standard InChI is InChI=1S/C28H22O4.C27H22O3.C21H18O3.C15H14O2/c1-19-3-5-20(6-4-19)27(29)21-7-9-22(10-8-21)28(30)23-11-13-25(14-12-23)32-26-17-15-24(31-2)16-18-26;1-19-3-5-22(6-4-19)27(28)23-11-17-26(18-12-23)30-25-15-9-21(10-16-25)20-7-13-24(29-2)14-8-20;1-15-3-5-16(6-4-15)21(22)17-7-9-19(10-8-17)24-20-13-11-18(23-2)12-14-20;1-11-3-5-12(6-4-11)15(16)13-7-9-14(17-2)10-8-13/h3-18H,1-2H3;3-18H,1-2H3;3-14H,1-2H3;3-10H,1-2H3. The number of aryl methyl sites for hydroxylation is 4. The van der Waals surface area contributed by atoms with E-state index in [1.807, 2.05) is 234 Å². The highest BCUT2D eigenvalue weighted by Gasteiger charge is 2.16.